The zero-order valence-electron chi connectivity index (χ0n) is 13.2. The van der Waals surface area contributed by atoms with Gasteiger partial charge in [-0.15, -0.1) is 0 Å². The smallest absolute Gasteiger partial charge is 0.337 e. The van der Waals surface area contributed by atoms with Crippen LogP contribution >= 0.6 is 0 Å². The fraction of sp³-hybridized carbons (Fsp3) is 0.118. The van der Waals surface area contributed by atoms with Crippen LogP contribution in [0.5, 0.6) is 5.75 Å². The molecule has 0 atom stereocenters. The second kappa shape index (κ2) is 7.18. The molecule has 2 aromatic carbocycles. The summed E-state index contributed by atoms with van der Waals surface area (Å²) >= 11 is 0. The molecule has 0 bridgehead atoms. The Labute approximate surface area is 140 Å². The number of nitrogens with one attached hydrogen (secondary N) is 1. The fourth-order valence-electron chi connectivity index (χ4n) is 2.12. The van der Waals surface area contributed by atoms with E-state index in [-0.39, 0.29) is 11.3 Å². The van der Waals surface area contributed by atoms with Crippen molar-refractivity contribution in [3.05, 3.63) is 64.6 Å². The number of anilines is 1. The monoisotopic (exact) mass is 347 g/mol. The lowest BCUT2D eigenvalue weighted by atomic mass is 10.1. The predicted octanol–water partition coefficient (Wildman–Crippen LogP) is 3.11. The summed E-state index contributed by atoms with van der Waals surface area (Å²) in [5, 5.41) is 10.1. The molecule has 2 aromatic rings. The molecule has 0 spiro atoms. The first-order valence-corrected chi connectivity index (χ1v) is 8.55. The number of methoxy groups -OCH3 is 1. The van der Waals surface area contributed by atoms with Crippen LogP contribution in [0.1, 0.15) is 21.5 Å². The number of ether oxygens (including phenoxy) is 1. The second-order valence-corrected chi connectivity index (χ2v) is 6.60. The summed E-state index contributed by atoms with van der Waals surface area (Å²) < 4.78 is 31.7. The van der Waals surface area contributed by atoms with Gasteiger partial charge in [0.2, 0.25) is 0 Å². The summed E-state index contributed by atoms with van der Waals surface area (Å²) in [5.41, 5.74) is 1.46. The van der Waals surface area contributed by atoms with E-state index in [2.05, 4.69) is 4.72 Å². The normalized spacial score (nSPS) is 11.4. The van der Waals surface area contributed by atoms with Crippen LogP contribution in [0.15, 0.2) is 47.9 Å². The lowest BCUT2D eigenvalue weighted by Crippen LogP contribution is -2.12. The van der Waals surface area contributed by atoms with Gasteiger partial charge >= 0.3 is 5.97 Å². The number of aryl methyl sites for hydroxylation is 1. The molecule has 7 heteroatoms. The number of hydrogen-bond donors (Lipinski definition) is 2. The van der Waals surface area contributed by atoms with Gasteiger partial charge in [-0.3, -0.25) is 4.72 Å². The van der Waals surface area contributed by atoms with E-state index in [1.807, 2.05) is 6.92 Å². The van der Waals surface area contributed by atoms with Crippen LogP contribution in [0, 0.1) is 6.92 Å². The molecule has 0 radical (unpaired) electrons. The lowest BCUT2D eigenvalue weighted by molar-refractivity contribution is 0.0698. The average Bonchev–Trinajstić information content (AvgIpc) is 2.53. The van der Waals surface area contributed by atoms with Gasteiger partial charge in [-0.25, -0.2) is 13.2 Å². The first kappa shape index (κ1) is 17.6. The molecule has 0 aliphatic rings. The zero-order valence-corrected chi connectivity index (χ0v) is 14.0. The van der Waals surface area contributed by atoms with Crippen LogP contribution in [-0.2, 0) is 10.0 Å². The summed E-state index contributed by atoms with van der Waals surface area (Å²) in [6, 6.07) is 11.1. The first-order valence-electron chi connectivity index (χ1n) is 7.00. The van der Waals surface area contributed by atoms with Gasteiger partial charge in [0, 0.05) is 0 Å². The molecule has 0 unspecified atom stereocenters. The molecule has 0 aromatic heterocycles. The lowest BCUT2D eigenvalue weighted by Gasteiger charge is -2.08. The molecule has 0 saturated heterocycles. The van der Waals surface area contributed by atoms with E-state index < -0.39 is 16.0 Å². The minimum absolute atomic E-state index is 0.0144. The molecule has 126 valence electrons. The topological polar surface area (TPSA) is 92.7 Å². The number of carbonyl (C=O) groups is 1. The standard InChI is InChI=1S/C17H17NO5S/c1-12-11-13(7-8-16(12)23-2)9-10-24(21,22)18-15-6-4-3-5-14(15)17(19)20/h3-11,18H,1-2H3,(H,19,20). The largest absolute Gasteiger partial charge is 0.496 e. The third-order valence-corrected chi connectivity index (χ3v) is 4.27. The van der Waals surface area contributed by atoms with E-state index in [1.165, 1.54) is 24.3 Å². The van der Waals surface area contributed by atoms with Crippen molar-refractivity contribution in [2.75, 3.05) is 11.8 Å². The van der Waals surface area contributed by atoms with Crippen LogP contribution in [-0.4, -0.2) is 26.6 Å². The van der Waals surface area contributed by atoms with Crippen LogP contribution in [0.4, 0.5) is 5.69 Å². The number of carboxylic acid groups (broad SMARTS) is 1. The molecule has 0 aliphatic carbocycles. The predicted molar refractivity (Wildman–Crippen MR) is 92.7 cm³/mol. The van der Waals surface area contributed by atoms with Crippen molar-refractivity contribution in [1.82, 2.24) is 0 Å². The van der Waals surface area contributed by atoms with Gasteiger partial charge in [-0.05, 0) is 48.4 Å². The molecule has 0 aliphatic heterocycles. The van der Waals surface area contributed by atoms with Crippen molar-refractivity contribution in [3.63, 3.8) is 0 Å². The zero-order chi connectivity index (χ0) is 17.7. The third kappa shape index (κ3) is 4.36. The number of benzene rings is 2. The van der Waals surface area contributed by atoms with E-state index in [0.717, 1.165) is 11.0 Å². The Hall–Kier alpha value is -2.80. The maximum absolute atomic E-state index is 12.1. The van der Waals surface area contributed by atoms with Crippen molar-refractivity contribution >= 4 is 27.8 Å². The highest BCUT2D eigenvalue weighted by molar-refractivity contribution is 7.95. The second-order valence-electron chi connectivity index (χ2n) is 5.03. The maximum atomic E-state index is 12.1. The van der Waals surface area contributed by atoms with Crippen molar-refractivity contribution < 1.29 is 23.1 Å². The highest BCUT2D eigenvalue weighted by atomic mass is 32.2. The van der Waals surface area contributed by atoms with E-state index in [4.69, 9.17) is 9.84 Å². The highest BCUT2D eigenvalue weighted by Gasteiger charge is 2.13. The number of rotatable bonds is 6. The van der Waals surface area contributed by atoms with Crippen molar-refractivity contribution in [3.8, 4) is 5.75 Å². The van der Waals surface area contributed by atoms with E-state index >= 15 is 0 Å². The average molecular weight is 347 g/mol. The summed E-state index contributed by atoms with van der Waals surface area (Å²) in [4.78, 5) is 11.1. The fourth-order valence-corrected chi connectivity index (χ4v) is 3.01. The van der Waals surface area contributed by atoms with Gasteiger partial charge < -0.3 is 9.84 Å². The van der Waals surface area contributed by atoms with E-state index in [0.29, 0.717) is 11.3 Å². The summed E-state index contributed by atoms with van der Waals surface area (Å²) in [7, 11) is -2.28. The summed E-state index contributed by atoms with van der Waals surface area (Å²) in [5.74, 6) is -0.494. The molecule has 2 N–H and O–H groups in total. The van der Waals surface area contributed by atoms with E-state index in [1.54, 1.807) is 31.4 Å². The SMILES string of the molecule is COc1ccc(C=CS(=O)(=O)Nc2ccccc2C(=O)O)cc1C. The van der Waals surface area contributed by atoms with Gasteiger partial charge in [0.1, 0.15) is 5.75 Å². The number of para-hydroxylation sites is 1. The molecule has 24 heavy (non-hydrogen) atoms. The Morgan fingerprint density at radius 2 is 1.92 bits per heavy atom. The molecular formula is C17H17NO5S. The van der Waals surface area contributed by atoms with Gasteiger partial charge in [0.15, 0.2) is 0 Å². The summed E-state index contributed by atoms with van der Waals surface area (Å²) in [6.45, 7) is 1.85. The molecule has 0 fully saturated rings. The Bertz CT molecular complexity index is 888. The molecule has 0 saturated carbocycles. The Morgan fingerprint density at radius 3 is 2.54 bits per heavy atom. The van der Waals surface area contributed by atoms with E-state index in [9.17, 15) is 13.2 Å². The van der Waals surface area contributed by atoms with Crippen LogP contribution in [0.2, 0.25) is 0 Å². The minimum Gasteiger partial charge on any atom is -0.496 e. The Morgan fingerprint density at radius 1 is 1.21 bits per heavy atom. The molecule has 2 rings (SSSR count). The van der Waals surface area contributed by atoms with Crippen molar-refractivity contribution in [2.45, 2.75) is 6.92 Å². The van der Waals surface area contributed by atoms with Crippen molar-refractivity contribution in [1.29, 1.82) is 0 Å². The minimum atomic E-state index is -3.84. The molecule has 0 amide bonds. The Kier molecular flexibility index (Phi) is 5.25. The number of sulfonamides is 1. The highest BCUT2D eigenvalue weighted by Crippen LogP contribution is 2.20. The molecular weight excluding hydrogens is 330 g/mol. The third-order valence-electron chi connectivity index (χ3n) is 3.27. The number of aromatic carboxylic acids is 1. The first-order chi connectivity index (χ1) is 11.3. The Balaban J connectivity index is 2.23. The van der Waals surface area contributed by atoms with Gasteiger partial charge in [0.25, 0.3) is 10.0 Å². The molecule has 0 heterocycles. The number of carboxylic acids is 1. The van der Waals surface area contributed by atoms with Gasteiger partial charge in [-0.1, -0.05) is 18.2 Å². The van der Waals surface area contributed by atoms with Crippen LogP contribution in [0.3, 0.4) is 0 Å². The maximum Gasteiger partial charge on any atom is 0.337 e. The summed E-state index contributed by atoms with van der Waals surface area (Å²) in [6.07, 6.45) is 1.43. The quantitative estimate of drug-likeness (QED) is 0.837. The van der Waals surface area contributed by atoms with Crippen LogP contribution < -0.4 is 9.46 Å². The van der Waals surface area contributed by atoms with Crippen LogP contribution in [0.25, 0.3) is 6.08 Å². The van der Waals surface area contributed by atoms with Gasteiger partial charge in [-0.2, -0.15) is 0 Å². The van der Waals surface area contributed by atoms with Gasteiger partial charge in [0.05, 0.1) is 23.8 Å². The molecule has 6 nitrogen and oxygen atoms in total. The van der Waals surface area contributed by atoms with Crippen molar-refractivity contribution in [2.24, 2.45) is 0 Å². The number of hydrogen-bond acceptors (Lipinski definition) is 4.